The SMILES string of the molecule is CC1COC(CN)CN1CC(=O)NC1CCCC1. The van der Waals surface area contributed by atoms with Gasteiger partial charge in [0.25, 0.3) is 0 Å². The predicted octanol–water partition coefficient (Wildman–Crippen LogP) is 0.0932. The largest absolute Gasteiger partial charge is 0.374 e. The van der Waals surface area contributed by atoms with E-state index in [0.29, 0.717) is 31.8 Å². The summed E-state index contributed by atoms with van der Waals surface area (Å²) >= 11 is 0. The third-order valence-electron chi connectivity index (χ3n) is 3.96. The molecule has 2 rings (SSSR count). The lowest BCUT2D eigenvalue weighted by molar-refractivity contribution is -0.126. The molecule has 1 saturated carbocycles. The molecule has 2 unspecified atom stereocenters. The van der Waals surface area contributed by atoms with Crippen LogP contribution in [0.1, 0.15) is 32.6 Å². The number of carbonyl (C=O) groups is 1. The predicted molar refractivity (Wildman–Crippen MR) is 70.2 cm³/mol. The third-order valence-corrected chi connectivity index (χ3v) is 3.96. The average Bonchev–Trinajstić information content (AvgIpc) is 2.84. The van der Waals surface area contributed by atoms with E-state index in [4.69, 9.17) is 10.5 Å². The molecule has 18 heavy (non-hydrogen) atoms. The number of morpholine rings is 1. The van der Waals surface area contributed by atoms with Crippen LogP contribution in [0.4, 0.5) is 0 Å². The standard InChI is InChI=1S/C13H25N3O2/c1-10-9-18-12(6-14)7-16(10)8-13(17)15-11-4-2-3-5-11/h10-12H,2-9,14H2,1H3,(H,15,17). The van der Waals surface area contributed by atoms with Gasteiger partial charge < -0.3 is 15.8 Å². The van der Waals surface area contributed by atoms with Gasteiger partial charge in [0.2, 0.25) is 5.91 Å². The van der Waals surface area contributed by atoms with Crippen LogP contribution in [0.25, 0.3) is 0 Å². The van der Waals surface area contributed by atoms with Gasteiger partial charge in [-0.2, -0.15) is 0 Å². The monoisotopic (exact) mass is 255 g/mol. The van der Waals surface area contributed by atoms with Crippen molar-refractivity contribution in [3.8, 4) is 0 Å². The van der Waals surface area contributed by atoms with Crippen molar-refractivity contribution in [3.05, 3.63) is 0 Å². The van der Waals surface area contributed by atoms with E-state index in [-0.39, 0.29) is 12.0 Å². The summed E-state index contributed by atoms with van der Waals surface area (Å²) in [6, 6.07) is 0.696. The Morgan fingerprint density at radius 2 is 2.17 bits per heavy atom. The Bertz CT molecular complexity index is 279. The van der Waals surface area contributed by atoms with E-state index < -0.39 is 0 Å². The minimum atomic E-state index is 0.0699. The van der Waals surface area contributed by atoms with Crippen molar-refractivity contribution in [1.82, 2.24) is 10.2 Å². The molecule has 104 valence electrons. The van der Waals surface area contributed by atoms with Crippen molar-refractivity contribution < 1.29 is 9.53 Å². The number of carbonyl (C=O) groups excluding carboxylic acids is 1. The van der Waals surface area contributed by atoms with E-state index in [9.17, 15) is 4.79 Å². The zero-order chi connectivity index (χ0) is 13.0. The molecule has 0 spiro atoms. The molecule has 1 amide bonds. The van der Waals surface area contributed by atoms with E-state index in [1.807, 2.05) is 0 Å². The summed E-state index contributed by atoms with van der Waals surface area (Å²) in [5.41, 5.74) is 5.62. The minimum Gasteiger partial charge on any atom is -0.374 e. The average molecular weight is 255 g/mol. The molecule has 5 heteroatoms. The molecule has 0 bridgehead atoms. The topological polar surface area (TPSA) is 67.6 Å². The van der Waals surface area contributed by atoms with Crippen LogP contribution in [-0.4, -0.2) is 55.2 Å². The van der Waals surface area contributed by atoms with Crippen LogP contribution in [0.15, 0.2) is 0 Å². The summed E-state index contributed by atoms with van der Waals surface area (Å²) < 4.78 is 5.59. The molecular weight excluding hydrogens is 230 g/mol. The highest BCUT2D eigenvalue weighted by atomic mass is 16.5. The van der Waals surface area contributed by atoms with Gasteiger partial charge in [-0.3, -0.25) is 9.69 Å². The summed E-state index contributed by atoms with van der Waals surface area (Å²) in [7, 11) is 0. The fourth-order valence-corrected chi connectivity index (χ4v) is 2.77. The van der Waals surface area contributed by atoms with Crippen LogP contribution < -0.4 is 11.1 Å². The molecule has 0 aromatic heterocycles. The first-order valence-electron chi connectivity index (χ1n) is 7.04. The van der Waals surface area contributed by atoms with Crippen molar-refractivity contribution >= 4 is 5.91 Å². The Hall–Kier alpha value is -0.650. The zero-order valence-corrected chi connectivity index (χ0v) is 11.2. The number of rotatable bonds is 4. The second-order valence-corrected chi connectivity index (χ2v) is 5.52. The number of nitrogens with zero attached hydrogens (tertiary/aromatic N) is 1. The highest BCUT2D eigenvalue weighted by Crippen LogP contribution is 2.17. The van der Waals surface area contributed by atoms with Gasteiger partial charge >= 0.3 is 0 Å². The molecule has 0 aromatic rings. The summed E-state index contributed by atoms with van der Waals surface area (Å²) in [6.07, 6.45) is 4.83. The quantitative estimate of drug-likeness (QED) is 0.747. The zero-order valence-electron chi connectivity index (χ0n) is 11.2. The molecule has 0 aromatic carbocycles. The summed E-state index contributed by atoms with van der Waals surface area (Å²) in [5, 5.41) is 3.13. The number of nitrogens with two attached hydrogens (primary N) is 1. The number of hydrogen-bond acceptors (Lipinski definition) is 4. The molecule has 5 nitrogen and oxygen atoms in total. The Morgan fingerprint density at radius 1 is 1.44 bits per heavy atom. The van der Waals surface area contributed by atoms with Crippen LogP contribution >= 0.6 is 0 Å². The van der Waals surface area contributed by atoms with Gasteiger partial charge in [-0.05, 0) is 19.8 Å². The van der Waals surface area contributed by atoms with Crippen molar-refractivity contribution in [1.29, 1.82) is 0 Å². The number of ether oxygens (including phenoxy) is 1. The van der Waals surface area contributed by atoms with Crippen LogP contribution in [0.3, 0.4) is 0 Å². The van der Waals surface area contributed by atoms with Gasteiger partial charge in [0.1, 0.15) is 0 Å². The molecule has 1 aliphatic carbocycles. The van der Waals surface area contributed by atoms with E-state index in [1.165, 1.54) is 12.8 Å². The number of hydrogen-bond donors (Lipinski definition) is 2. The van der Waals surface area contributed by atoms with Gasteiger partial charge in [0.05, 0.1) is 19.3 Å². The molecule has 0 radical (unpaired) electrons. The minimum absolute atomic E-state index is 0.0699. The Balaban J connectivity index is 1.77. The normalized spacial score (nSPS) is 30.6. The van der Waals surface area contributed by atoms with Crippen molar-refractivity contribution in [2.45, 2.75) is 50.8 Å². The van der Waals surface area contributed by atoms with Gasteiger partial charge in [0.15, 0.2) is 0 Å². The Morgan fingerprint density at radius 3 is 2.83 bits per heavy atom. The Kier molecular flexibility index (Phi) is 4.97. The van der Waals surface area contributed by atoms with Crippen molar-refractivity contribution in [3.63, 3.8) is 0 Å². The molecule has 1 heterocycles. The fourth-order valence-electron chi connectivity index (χ4n) is 2.77. The second-order valence-electron chi connectivity index (χ2n) is 5.52. The molecule has 1 aliphatic heterocycles. The fraction of sp³-hybridized carbons (Fsp3) is 0.923. The van der Waals surface area contributed by atoms with Gasteiger partial charge in [-0.25, -0.2) is 0 Å². The van der Waals surface area contributed by atoms with Crippen molar-refractivity contribution in [2.24, 2.45) is 5.73 Å². The van der Waals surface area contributed by atoms with E-state index >= 15 is 0 Å². The van der Waals surface area contributed by atoms with Gasteiger partial charge in [-0.15, -0.1) is 0 Å². The smallest absolute Gasteiger partial charge is 0.234 e. The van der Waals surface area contributed by atoms with E-state index in [1.54, 1.807) is 0 Å². The molecule has 2 fully saturated rings. The molecule has 1 saturated heterocycles. The highest BCUT2D eigenvalue weighted by molar-refractivity contribution is 5.78. The van der Waals surface area contributed by atoms with Gasteiger partial charge in [0, 0.05) is 25.2 Å². The first-order chi connectivity index (χ1) is 8.69. The first-order valence-corrected chi connectivity index (χ1v) is 7.04. The third kappa shape index (κ3) is 3.67. The lowest BCUT2D eigenvalue weighted by atomic mass is 10.2. The molecular formula is C13H25N3O2. The molecule has 2 atom stereocenters. The van der Waals surface area contributed by atoms with Crippen LogP contribution in [0, 0.1) is 0 Å². The van der Waals surface area contributed by atoms with E-state index in [2.05, 4.69) is 17.1 Å². The summed E-state index contributed by atoms with van der Waals surface area (Å²) in [6.45, 7) is 4.51. The lowest BCUT2D eigenvalue weighted by Gasteiger charge is -2.37. The maximum Gasteiger partial charge on any atom is 0.234 e. The maximum absolute atomic E-state index is 12.0. The Labute approximate surface area is 109 Å². The molecule has 2 aliphatic rings. The van der Waals surface area contributed by atoms with E-state index in [0.717, 1.165) is 19.4 Å². The van der Waals surface area contributed by atoms with Crippen LogP contribution in [0.2, 0.25) is 0 Å². The van der Waals surface area contributed by atoms with Crippen molar-refractivity contribution in [2.75, 3.05) is 26.2 Å². The summed E-state index contributed by atoms with van der Waals surface area (Å²) in [5.74, 6) is 0.145. The van der Waals surface area contributed by atoms with Crippen LogP contribution in [0.5, 0.6) is 0 Å². The number of nitrogens with one attached hydrogen (secondary N) is 1. The maximum atomic E-state index is 12.0. The van der Waals surface area contributed by atoms with Crippen LogP contribution in [-0.2, 0) is 9.53 Å². The van der Waals surface area contributed by atoms with Gasteiger partial charge in [-0.1, -0.05) is 12.8 Å². The lowest BCUT2D eigenvalue weighted by Crippen LogP contribution is -2.53. The molecule has 3 N–H and O–H groups in total. The highest BCUT2D eigenvalue weighted by Gasteiger charge is 2.27. The first kappa shape index (κ1) is 13.8. The summed E-state index contributed by atoms with van der Waals surface area (Å²) in [4.78, 5) is 14.2. The second kappa shape index (κ2) is 6.50. The number of amides is 1.